The fourth-order valence-corrected chi connectivity index (χ4v) is 3.76. The molecule has 0 bridgehead atoms. The number of halogens is 1. The van der Waals surface area contributed by atoms with E-state index in [1.54, 1.807) is 42.5 Å². The van der Waals surface area contributed by atoms with Gasteiger partial charge in [-0.1, -0.05) is 30.3 Å². The van der Waals surface area contributed by atoms with Crippen LogP contribution in [0.15, 0.2) is 59.5 Å². The standard InChI is InChI=1S/C18H21N3O4S.ClH/c22-18(12-14-13-25-11-10-19-14)20-16-8-4-5-9-17(16)21-26(23,24)15-6-2-1-3-7-15;/h1-9,14,19,21H,10-13H2,(H,20,22);1H. The van der Waals surface area contributed by atoms with E-state index in [4.69, 9.17) is 4.74 Å². The first-order valence-corrected chi connectivity index (χ1v) is 9.81. The summed E-state index contributed by atoms with van der Waals surface area (Å²) in [5.74, 6) is -0.209. The topological polar surface area (TPSA) is 96.5 Å². The SMILES string of the molecule is Cl.O=C(CC1COCCN1)Nc1ccccc1NS(=O)(=O)c1ccccc1. The lowest BCUT2D eigenvalue weighted by Gasteiger charge is -2.23. The van der Waals surface area contributed by atoms with Gasteiger partial charge >= 0.3 is 0 Å². The van der Waals surface area contributed by atoms with Gasteiger partial charge in [-0.05, 0) is 24.3 Å². The fourth-order valence-electron chi connectivity index (χ4n) is 2.66. The first-order chi connectivity index (χ1) is 12.5. The Morgan fingerprint density at radius 2 is 1.74 bits per heavy atom. The van der Waals surface area contributed by atoms with E-state index in [-0.39, 0.29) is 35.7 Å². The molecule has 146 valence electrons. The summed E-state index contributed by atoms with van der Waals surface area (Å²) in [6.07, 6.45) is 0.250. The Hall–Kier alpha value is -2.13. The number of hydrogen-bond donors (Lipinski definition) is 3. The van der Waals surface area contributed by atoms with Gasteiger partial charge in [-0.25, -0.2) is 8.42 Å². The van der Waals surface area contributed by atoms with Crippen molar-refractivity contribution in [2.24, 2.45) is 0 Å². The molecular weight excluding hydrogens is 390 g/mol. The Bertz CT molecular complexity index is 856. The van der Waals surface area contributed by atoms with E-state index in [0.29, 0.717) is 31.1 Å². The van der Waals surface area contributed by atoms with E-state index in [9.17, 15) is 13.2 Å². The number of morpholine rings is 1. The number of sulfonamides is 1. The van der Waals surface area contributed by atoms with E-state index in [1.165, 1.54) is 12.1 Å². The molecule has 1 saturated heterocycles. The Labute approximate surface area is 165 Å². The lowest BCUT2D eigenvalue weighted by molar-refractivity contribution is -0.117. The third kappa shape index (κ3) is 5.93. The van der Waals surface area contributed by atoms with Gasteiger partial charge in [0.05, 0.1) is 29.5 Å². The maximum absolute atomic E-state index is 12.5. The van der Waals surface area contributed by atoms with Gasteiger partial charge in [0.25, 0.3) is 10.0 Å². The van der Waals surface area contributed by atoms with Gasteiger partial charge in [0.2, 0.25) is 5.91 Å². The van der Waals surface area contributed by atoms with E-state index in [1.807, 2.05) is 0 Å². The number of anilines is 2. The molecule has 2 aromatic carbocycles. The molecule has 0 aromatic heterocycles. The number of rotatable bonds is 6. The third-order valence-electron chi connectivity index (χ3n) is 3.93. The van der Waals surface area contributed by atoms with Crippen LogP contribution in [0.1, 0.15) is 6.42 Å². The van der Waals surface area contributed by atoms with Crippen molar-refractivity contribution >= 4 is 39.7 Å². The highest BCUT2D eigenvalue weighted by molar-refractivity contribution is 7.92. The summed E-state index contributed by atoms with van der Waals surface area (Å²) in [5.41, 5.74) is 0.728. The summed E-state index contributed by atoms with van der Waals surface area (Å²) < 4.78 is 32.9. The van der Waals surface area contributed by atoms with Gasteiger partial charge in [0.1, 0.15) is 0 Å². The molecule has 3 N–H and O–H groups in total. The second-order valence-electron chi connectivity index (χ2n) is 5.94. The average Bonchev–Trinajstić information content (AvgIpc) is 2.65. The number of amides is 1. The van der Waals surface area contributed by atoms with Gasteiger partial charge in [0, 0.05) is 19.0 Å². The highest BCUT2D eigenvalue weighted by atomic mass is 35.5. The molecule has 1 heterocycles. The van der Waals surface area contributed by atoms with Crippen molar-refractivity contribution in [3.8, 4) is 0 Å². The first-order valence-electron chi connectivity index (χ1n) is 8.32. The van der Waals surface area contributed by atoms with E-state index in [0.717, 1.165) is 0 Å². The Balaban J connectivity index is 0.00000261. The molecule has 1 atom stereocenters. The number of para-hydroxylation sites is 2. The van der Waals surface area contributed by atoms with Crippen LogP contribution in [0.5, 0.6) is 0 Å². The molecule has 3 rings (SSSR count). The van der Waals surface area contributed by atoms with Crippen LogP contribution in [0.2, 0.25) is 0 Å². The molecule has 2 aromatic rings. The summed E-state index contributed by atoms with van der Waals surface area (Å²) in [7, 11) is -3.73. The molecule has 0 aliphatic carbocycles. The lowest BCUT2D eigenvalue weighted by Crippen LogP contribution is -2.43. The molecule has 1 fully saturated rings. The zero-order chi connectivity index (χ0) is 18.4. The maximum atomic E-state index is 12.5. The predicted molar refractivity (Wildman–Crippen MR) is 107 cm³/mol. The molecule has 1 aliphatic rings. The van der Waals surface area contributed by atoms with Crippen molar-refractivity contribution in [2.75, 3.05) is 29.8 Å². The molecule has 1 amide bonds. The summed E-state index contributed by atoms with van der Waals surface area (Å²) in [4.78, 5) is 12.4. The Morgan fingerprint density at radius 1 is 1.07 bits per heavy atom. The highest BCUT2D eigenvalue weighted by Gasteiger charge is 2.19. The monoisotopic (exact) mass is 411 g/mol. The number of benzene rings is 2. The van der Waals surface area contributed by atoms with Crippen LogP contribution in [0.4, 0.5) is 11.4 Å². The van der Waals surface area contributed by atoms with Crippen LogP contribution in [0, 0.1) is 0 Å². The molecular formula is C18H22ClN3O4S. The minimum Gasteiger partial charge on any atom is -0.378 e. The number of carbonyl (C=O) groups is 1. The fraction of sp³-hybridized carbons (Fsp3) is 0.278. The highest BCUT2D eigenvalue weighted by Crippen LogP contribution is 2.24. The zero-order valence-electron chi connectivity index (χ0n) is 14.6. The Kier molecular flexibility index (Phi) is 7.61. The van der Waals surface area contributed by atoms with Crippen LogP contribution in [0.3, 0.4) is 0 Å². The molecule has 0 radical (unpaired) electrons. The molecule has 0 spiro atoms. The van der Waals surface area contributed by atoms with Crippen LogP contribution in [0.25, 0.3) is 0 Å². The molecule has 7 nitrogen and oxygen atoms in total. The van der Waals surface area contributed by atoms with E-state index >= 15 is 0 Å². The normalized spacial score (nSPS) is 16.8. The van der Waals surface area contributed by atoms with Crippen molar-refractivity contribution in [1.82, 2.24) is 5.32 Å². The summed E-state index contributed by atoms with van der Waals surface area (Å²) in [5, 5.41) is 5.98. The van der Waals surface area contributed by atoms with Crippen LogP contribution in [-0.2, 0) is 19.6 Å². The summed E-state index contributed by atoms with van der Waals surface area (Å²) in [6, 6.07) is 14.7. The van der Waals surface area contributed by atoms with Crippen molar-refractivity contribution < 1.29 is 17.9 Å². The van der Waals surface area contributed by atoms with Crippen molar-refractivity contribution in [2.45, 2.75) is 17.4 Å². The third-order valence-corrected chi connectivity index (χ3v) is 5.31. The average molecular weight is 412 g/mol. The number of ether oxygens (including phenoxy) is 1. The quantitative estimate of drug-likeness (QED) is 0.677. The van der Waals surface area contributed by atoms with Crippen LogP contribution in [-0.4, -0.2) is 40.1 Å². The number of nitrogens with one attached hydrogen (secondary N) is 3. The minimum atomic E-state index is -3.73. The lowest BCUT2D eigenvalue weighted by atomic mass is 10.2. The maximum Gasteiger partial charge on any atom is 0.261 e. The van der Waals surface area contributed by atoms with Crippen LogP contribution >= 0.6 is 12.4 Å². The van der Waals surface area contributed by atoms with Gasteiger partial charge in [-0.2, -0.15) is 0 Å². The Morgan fingerprint density at radius 3 is 2.41 bits per heavy atom. The summed E-state index contributed by atoms with van der Waals surface area (Å²) >= 11 is 0. The van der Waals surface area contributed by atoms with E-state index in [2.05, 4.69) is 15.4 Å². The van der Waals surface area contributed by atoms with Gasteiger partial charge in [-0.3, -0.25) is 9.52 Å². The van der Waals surface area contributed by atoms with Gasteiger partial charge < -0.3 is 15.4 Å². The van der Waals surface area contributed by atoms with Crippen LogP contribution < -0.4 is 15.4 Å². The first kappa shape index (κ1) is 21.2. The molecule has 0 saturated carbocycles. The molecule has 1 unspecified atom stereocenters. The van der Waals surface area contributed by atoms with Crippen molar-refractivity contribution in [1.29, 1.82) is 0 Å². The minimum absolute atomic E-state index is 0. The number of hydrogen-bond acceptors (Lipinski definition) is 5. The molecule has 1 aliphatic heterocycles. The second kappa shape index (κ2) is 9.70. The largest absolute Gasteiger partial charge is 0.378 e. The second-order valence-corrected chi connectivity index (χ2v) is 7.62. The zero-order valence-corrected chi connectivity index (χ0v) is 16.2. The van der Waals surface area contributed by atoms with Crippen molar-refractivity contribution in [3.05, 3.63) is 54.6 Å². The predicted octanol–water partition coefficient (Wildman–Crippen LogP) is 2.23. The molecule has 27 heavy (non-hydrogen) atoms. The molecule has 9 heteroatoms. The van der Waals surface area contributed by atoms with E-state index < -0.39 is 10.0 Å². The van der Waals surface area contributed by atoms with Crippen molar-refractivity contribution in [3.63, 3.8) is 0 Å². The summed E-state index contributed by atoms with van der Waals surface area (Å²) in [6.45, 7) is 1.84. The van der Waals surface area contributed by atoms with Gasteiger partial charge in [0.15, 0.2) is 0 Å². The smallest absolute Gasteiger partial charge is 0.261 e. The number of carbonyl (C=O) groups excluding carboxylic acids is 1. The van der Waals surface area contributed by atoms with Gasteiger partial charge in [-0.15, -0.1) is 12.4 Å².